The summed E-state index contributed by atoms with van der Waals surface area (Å²) in [5.41, 5.74) is 0.796. The minimum absolute atomic E-state index is 0.00274. The number of sulfone groups is 1. The van der Waals surface area contributed by atoms with Crippen molar-refractivity contribution in [3.8, 4) is 0 Å². The minimum Gasteiger partial charge on any atom is -0.350 e. The van der Waals surface area contributed by atoms with Crippen LogP contribution in [0.3, 0.4) is 0 Å². The summed E-state index contributed by atoms with van der Waals surface area (Å²) in [6.07, 6.45) is 0.456. The zero-order valence-electron chi connectivity index (χ0n) is 13.6. The van der Waals surface area contributed by atoms with Gasteiger partial charge in [-0.25, -0.2) is 8.42 Å². The fraction of sp³-hybridized carbons (Fsp3) is 0.500. The molecule has 7 heteroatoms. The van der Waals surface area contributed by atoms with Crippen molar-refractivity contribution in [2.24, 2.45) is 0 Å². The van der Waals surface area contributed by atoms with E-state index in [0.29, 0.717) is 17.5 Å². The van der Waals surface area contributed by atoms with Crippen molar-refractivity contribution < 1.29 is 18.0 Å². The van der Waals surface area contributed by atoms with Crippen LogP contribution in [0, 0.1) is 0 Å². The van der Waals surface area contributed by atoms with Gasteiger partial charge in [-0.15, -0.1) is 0 Å². The fourth-order valence-corrected chi connectivity index (χ4v) is 4.36. The number of rotatable bonds is 4. The lowest BCUT2D eigenvalue weighted by atomic mass is 10.1. The van der Waals surface area contributed by atoms with Gasteiger partial charge in [0.05, 0.1) is 11.5 Å². The Balaban J connectivity index is 2.15. The third-order valence-corrected chi connectivity index (χ3v) is 5.62. The molecule has 0 saturated carbocycles. The van der Waals surface area contributed by atoms with Crippen molar-refractivity contribution in [2.45, 2.75) is 32.4 Å². The second kappa shape index (κ2) is 6.70. The molecule has 2 rings (SSSR count). The summed E-state index contributed by atoms with van der Waals surface area (Å²) in [6.45, 7) is 3.72. The monoisotopic (exact) mass is 338 g/mol. The lowest BCUT2D eigenvalue weighted by Crippen LogP contribution is -2.38. The van der Waals surface area contributed by atoms with Gasteiger partial charge in [-0.1, -0.05) is 6.07 Å². The Bertz CT molecular complexity index is 713. The van der Waals surface area contributed by atoms with Gasteiger partial charge < -0.3 is 10.2 Å². The molecule has 0 aromatic heterocycles. The van der Waals surface area contributed by atoms with E-state index in [4.69, 9.17) is 0 Å². The van der Waals surface area contributed by atoms with Crippen LogP contribution in [0.5, 0.6) is 0 Å². The number of nitrogens with one attached hydrogen (secondary N) is 1. The van der Waals surface area contributed by atoms with Crippen molar-refractivity contribution in [2.75, 3.05) is 18.6 Å². The van der Waals surface area contributed by atoms with Crippen LogP contribution in [-0.4, -0.2) is 55.8 Å². The first kappa shape index (κ1) is 17.5. The molecule has 1 saturated heterocycles. The number of benzene rings is 1. The van der Waals surface area contributed by atoms with Gasteiger partial charge in [-0.3, -0.25) is 9.59 Å². The van der Waals surface area contributed by atoms with E-state index in [-0.39, 0.29) is 35.4 Å². The fourth-order valence-electron chi connectivity index (χ4n) is 2.59. The number of nitrogens with zero attached hydrogens (tertiary/aromatic N) is 1. The molecule has 0 bridgehead atoms. The molecule has 1 heterocycles. The first-order valence-corrected chi connectivity index (χ1v) is 9.40. The second-order valence-corrected chi connectivity index (χ2v) is 8.41. The Morgan fingerprint density at radius 2 is 1.91 bits per heavy atom. The van der Waals surface area contributed by atoms with E-state index in [1.165, 1.54) is 4.90 Å². The van der Waals surface area contributed by atoms with Crippen LogP contribution in [0.25, 0.3) is 0 Å². The summed E-state index contributed by atoms with van der Waals surface area (Å²) in [7, 11) is -1.44. The predicted octanol–water partition coefficient (Wildman–Crippen LogP) is 1.08. The van der Waals surface area contributed by atoms with E-state index in [1.807, 2.05) is 13.8 Å². The number of hydrogen-bond donors (Lipinski definition) is 1. The number of carbonyl (C=O) groups excluding carboxylic acids is 2. The highest BCUT2D eigenvalue weighted by molar-refractivity contribution is 7.91. The summed E-state index contributed by atoms with van der Waals surface area (Å²) in [5.74, 6) is -0.387. The molecule has 0 radical (unpaired) electrons. The standard InChI is InChI=1S/C16H22N2O4S/c1-11(2)17-15(19)12-5-4-6-13(9-12)16(20)18(3)14-7-8-23(21,22)10-14/h4-6,9,11,14H,7-8,10H2,1-3H3,(H,17,19). The maximum Gasteiger partial charge on any atom is 0.253 e. The molecular weight excluding hydrogens is 316 g/mol. The molecule has 1 unspecified atom stereocenters. The largest absolute Gasteiger partial charge is 0.350 e. The summed E-state index contributed by atoms with van der Waals surface area (Å²) in [6, 6.07) is 6.18. The van der Waals surface area contributed by atoms with Crippen LogP contribution in [0.1, 0.15) is 41.0 Å². The molecule has 6 nitrogen and oxygen atoms in total. The molecule has 1 aromatic rings. The maximum atomic E-state index is 12.5. The smallest absolute Gasteiger partial charge is 0.253 e. The Morgan fingerprint density at radius 1 is 1.26 bits per heavy atom. The first-order valence-electron chi connectivity index (χ1n) is 7.58. The average Bonchev–Trinajstić information content (AvgIpc) is 2.85. The van der Waals surface area contributed by atoms with Gasteiger partial charge in [0.15, 0.2) is 9.84 Å². The van der Waals surface area contributed by atoms with E-state index in [2.05, 4.69) is 5.32 Å². The van der Waals surface area contributed by atoms with Crippen LogP contribution >= 0.6 is 0 Å². The SMILES string of the molecule is CC(C)NC(=O)c1cccc(C(=O)N(C)C2CCS(=O)(=O)C2)c1. The van der Waals surface area contributed by atoms with Gasteiger partial charge in [0, 0.05) is 30.3 Å². The molecule has 126 valence electrons. The predicted molar refractivity (Wildman–Crippen MR) is 88.2 cm³/mol. The van der Waals surface area contributed by atoms with Crippen molar-refractivity contribution in [1.82, 2.24) is 10.2 Å². The van der Waals surface area contributed by atoms with Crippen molar-refractivity contribution in [3.05, 3.63) is 35.4 Å². The molecular formula is C16H22N2O4S. The molecule has 1 N–H and O–H groups in total. The highest BCUT2D eigenvalue weighted by Crippen LogP contribution is 2.19. The zero-order valence-corrected chi connectivity index (χ0v) is 14.4. The molecule has 0 aliphatic carbocycles. The molecule has 2 amide bonds. The third kappa shape index (κ3) is 4.31. The highest BCUT2D eigenvalue weighted by Gasteiger charge is 2.33. The van der Waals surface area contributed by atoms with Crippen LogP contribution in [0.15, 0.2) is 24.3 Å². The number of amides is 2. The summed E-state index contributed by atoms with van der Waals surface area (Å²) >= 11 is 0. The summed E-state index contributed by atoms with van der Waals surface area (Å²) < 4.78 is 23.1. The number of carbonyl (C=O) groups is 2. The van der Waals surface area contributed by atoms with Gasteiger partial charge in [0.25, 0.3) is 11.8 Å². The second-order valence-electron chi connectivity index (χ2n) is 6.18. The lowest BCUT2D eigenvalue weighted by molar-refractivity contribution is 0.0747. The Kier molecular flexibility index (Phi) is 5.09. The number of hydrogen-bond acceptors (Lipinski definition) is 4. The van der Waals surface area contributed by atoms with E-state index < -0.39 is 9.84 Å². The minimum atomic E-state index is -3.05. The maximum absolute atomic E-state index is 12.5. The molecule has 1 aliphatic rings. The van der Waals surface area contributed by atoms with Gasteiger partial charge in [-0.05, 0) is 38.5 Å². The third-order valence-electron chi connectivity index (χ3n) is 3.87. The Hall–Kier alpha value is -1.89. The topological polar surface area (TPSA) is 83.6 Å². The molecule has 1 fully saturated rings. The van der Waals surface area contributed by atoms with E-state index in [9.17, 15) is 18.0 Å². The van der Waals surface area contributed by atoms with Crippen molar-refractivity contribution >= 4 is 21.7 Å². The normalized spacial score (nSPS) is 19.6. The molecule has 1 aromatic carbocycles. The first-order chi connectivity index (χ1) is 10.7. The zero-order chi connectivity index (χ0) is 17.2. The highest BCUT2D eigenvalue weighted by atomic mass is 32.2. The van der Waals surface area contributed by atoms with E-state index in [1.54, 1.807) is 31.3 Å². The van der Waals surface area contributed by atoms with E-state index >= 15 is 0 Å². The summed E-state index contributed by atoms with van der Waals surface area (Å²) in [4.78, 5) is 26.0. The van der Waals surface area contributed by atoms with Gasteiger partial charge >= 0.3 is 0 Å². The van der Waals surface area contributed by atoms with Gasteiger partial charge in [-0.2, -0.15) is 0 Å². The van der Waals surface area contributed by atoms with Crippen molar-refractivity contribution in [3.63, 3.8) is 0 Å². The van der Waals surface area contributed by atoms with E-state index in [0.717, 1.165) is 0 Å². The summed E-state index contributed by atoms with van der Waals surface area (Å²) in [5, 5.41) is 2.78. The van der Waals surface area contributed by atoms with Crippen LogP contribution < -0.4 is 5.32 Å². The average molecular weight is 338 g/mol. The Morgan fingerprint density at radius 3 is 2.48 bits per heavy atom. The van der Waals surface area contributed by atoms with Gasteiger partial charge in [0.2, 0.25) is 0 Å². The quantitative estimate of drug-likeness (QED) is 0.890. The molecule has 1 atom stereocenters. The van der Waals surface area contributed by atoms with Crippen LogP contribution in [0.2, 0.25) is 0 Å². The van der Waals surface area contributed by atoms with Crippen LogP contribution in [0.4, 0.5) is 0 Å². The van der Waals surface area contributed by atoms with Gasteiger partial charge in [0.1, 0.15) is 0 Å². The van der Waals surface area contributed by atoms with Crippen molar-refractivity contribution in [1.29, 1.82) is 0 Å². The molecule has 1 aliphatic heterocycles. The Labute approximate surface area is 136 Å². The van der Waals surface area contributed by atoms with Crippen LogP contribution in [-0.2, 0) is 9.84 Å². The molecule has 0 spiro atoms. The lowest BCUT2D eigenvalue weighted by Gasteiger charge is -2.23. The molecule has 23 heavy (non-hydrogen) atoms.